The highest BCUT2D eigenvalue weighted by Crippen LogP contribution is 2.33. The van der Waals surface area contributed by atoms with Crippen LogP contribution in [0.5, 0.6) is 0 Å². The zero-order valence-electron chi connectivity index (χ0n) is 10.4. The summed E-state index contributed by atoms with van der Waals surface area (Å²) in [5.41, 5.74) is -0.0317. The van der Waals surface area contributed by atoms with E-state index in [1.807, 2.05) is 6.07 Å². The summed E-state index contributed by atoms with van der Waals surface area (Å²) in [6.07, 6.45) is 0.318. The second kappa shape index (κ2) is 5.68. The summed E-state index contributed by atoms with van der Waals surface area (Å²) in [4.78, 5) is 12.4. The number of nitrogens with zero attached hydrogens (tertiary/aromatic N) is 1. The van der Waals surface area contributed by atoms with Crippen molar-refractivity contribution in [3.8, 4) is 6.07 Å². The molecule has 1 saturated heterocycles. The van der Waals surface area contributed by atoms with Crippen LogP contribution in [0.15, 0.2) is 18.2 Å². The quantitative estimate of drug-likeness (QED) is 0.855. The number of ketones is 1. The number of hydrogen-bond donors (Lipinski definition) is 0. The fourth-order valence-corrected chi connectivity index (χ4v) is 2.65. The van der Waals surface area contributed by atoms with Crippen LogP contribution in [0.3, 0.4) is 0 Å². The Morgan fingerprint density at radius 3 is 2.89 bits per heavy atom. The average molecular weight is 282 g/mol. The molecule has 5 heteroatoms. The highest BCUT2D eigenvalue weighted by atomic mass is 35.5. The van der Waals surface area contributed by atoms with Gasteiger partial charge in [-0.1, -0.05) is 17.7 Å². The molecule has 0 aromatic heterocycles. The van der Waals surface area contributed by atoms with Gasteiger partial charge in [-0.15, -0.1) is 0 Å². The molecule has 100 valence electrons. The number of carbonyl (C=O) groups is 1. The molecule has 19 heavy (non-hydrogen) atoms. The Balaban J connectivity index is 2.35. The third kappa shape index (κ3) is 2.63. The number of carbonyl (C=O) groups excluding carboxylic acids is 1. The first-order valence-corrected chi connectivity index (χ1v) is 6.43. The molecule has 2 rings (SSSR count). The van der Waals surface area contributed by atoms with E-state index in [-0.39, 0.29) is 28.4 Å². The summed E-state index contributed by atoms with van der Waals surface area (Å²) in [6.45, 7) is 2.27. The first kappa shape index (κ1) is 14.0. The number of rotatable bonds is 3. The van der Waals surface area contributed by atoms with E-state index in [1.165, 1.54) is 18.2 Å². The van der Waals surface area contributed by atoms with E-state index < -0.39 is 11.7 Å². The van der Waals surface area contributed by atoms with Crippen molar-refractivity contribution in [1.82, 2.24) is 0 Å². The van der Waals surface area contributed by atoms with Crippen LogP contribution in [-0.4, -0.2) is 18.5 Å². The summed E-state index contributed by atoms with van der Waals surface area (Å²) in [7, 11) is 0. The molecule has 1 fully saturated rings. The molecule has 3 nitrogen and oxygen atoms in total. The third-order valence-corrected chi connectivity index (χ3v) is 3.77. The van der Waals surface area contributed by atoms with Crippen molar-refractivity contribution in [2.24, 2.45) is 5.92 Å². The van der Waals surface area contributed by atoms with Crippen molar-refractivity contribution in [3.63, 3.8) is 0 Å². The first-order valence-electron chi connectivity index (χ1n) is 6.05. The van der Waals surface area contributed by atoms with E-state index in [2.05, 4.69) is 0 Å². The van der Waals surface area contributed by atoms with Gasteiger partial charge in [-0.25, -0.2) is 4.39 Å². The predicted molar refractivity (Wildman–Crippen MR) is 68.3 cm³/mol. The number of hydrogen-bond acceptors (Lipinski definition) is 3. The normalized spacial score (nSPS) is 23.9. The lowest BCUT2D eigenvalue weighted by Gasteiger charge is -2.17. The predicted octanol–water partition coefficient (Wildman–Crippen LogP) is 3.08. The fraction of sp³-hybridized carbons (Fsp3) is 0.429. The molecule has 0 spiro atoms. The highest BCUT2D eigenvalue weighted by Gasteiger charge is 2.37. The molecule has 0 saturated carbocycles. The van der Waals surface area contributed by atoms with Crippen molar-refractivity contribution in [3.05, 3.63) is 34.6 Å². The van der Waals surface area contributed by atoms with E-state index in [4.69, 9.17) is 16.3 Å². The van der Waals surface area contributed by atoms with Crippen LogP contribution >= 0.6 is 11.6 Å². The number of Topliss-reactive ketones (excluding diaryl/α,β-unsaturated/α-hetero) is 1. The summed E-state index contributed by atoms with van der Waals surface area (Å²) < 4.78 is 19.1. The molecule has 0 aliphatic carbocycles. The Bertz CT molecular complexity index is 520. The molecular weight excluding hydrogens is 269 g/mol. The molecule has 3 unspecified atom stereocenters. The van der Waals surface area contributed by atoms with Gasteiger partial charge in [0.15, 0.2) is 5.78 Å². The van der Waals surface area contributed by atoms with Gasteiger partial charge in [0.2, 0.25) is 0 Å². The van der Waals surface area contributed by atoms with Crippen LogP contribution in [-0.2, 0) is 9.53 Å². The van der Waals surface area contributed by atoms with Crippen molar-refractivity contribution in [2.75, 3.05) is 6.61 Å². The Labute approximate surface area is 115 Å². The maximum Gasteiger partial charge on any atom is 0.160 e. The summed E-state index contributed by atoms with van der Waals surface area (Å²) in [5, 5.41) is 9.31. The lowest BCUT2D eigenvalue weighted by molar-refractivity contribution is -0.124. The second-order valence-electron chi connectivity index (χ2n) is 4.57. The second-order valence-corrected chi connectivity index (χ2v) is 4.98. The van der Waals surface area contributed by atoms with Gasteiger partial charge in [-0.2, -0.15) is 5.26 Å². The van der Waals surface area contributed by atoms with Gasteiger partial charge in [-0.05, 0) is 25.5 Å². The minimum absolute atomic E-state index is 0.0317. The van der Waals surface area contributed by atoms with Crippen LogP contribution in [0.25, 0.3) is 0 Å². The lowest BCUT2D eigenvalue weighted by atomic mass is 9.85. The Morgan fingerprint density at radius 1 is 1.63 bits per heavy atom. The molecule has 1 aromatic rings. The van der Waals surface area contributed by atoms with Gasteiger partial charge >= 0.3 is 0 Å². The zero-order valence-corrected chi connectivity index (χ0v) is 11.2. The van der Waals surface area contributed by atoms with Gasteiger partial charge in [0, 0.05) is 23.1 Å². The SMILES string of the molecule is CC1OCCC1C(=O)C(C#N)c1c(F)cccc1Cl. The largest absolute Gasteiger partial charge is 0.378 e. The smallest absolute Gasteiger partial charge is 0.160 e. The molecule has 1 aromatic carbocycles. The summed E-state index contributed by atoms with van der Waals surface area (Å²) >= 11 is 5.92. The number of benzene rings is 1. The number of halogens is 2. The van der Waals surface area contributed by atoms with Gasteiger partial charge in [0.05, 0.1) is 12.2 Å². The lowest BCUT2D eigenvalue weighted by Crippen LogP contribution is -2.27. The van der Waals surface area contributed by atoms with Gasteiger partial charge in [0.25, 0.3) is 0 Å². The molecule has 0 radical (unpaired) electrons. The Kier molecular flexibility index (Phi) is 4.18. The Hall–Kier alpha value is -1.44. The molecule has 1 heterocycles. The van der Waals surface area contributed by atoms with Gasteiger partial charge in [0.1, 0.15) is 11.7 Å². The van der Waals surface area contributed by atoms with Crippen molar-refractivity contribution in [2.45, 2.75) is 25.4 Å². The summed E-state index contributed by atoms with van der Waals surface area (Å²) in [5.74, 6) is -2.50. The number of nitriles is 1. The van der Waals surface area contributed by atoms with E-state index in [1.54, 1.807) is 6.92 Å². The topological polar surface area (TPSA) is 50.1 Å². The number of ether oxygens (including phenoxy) is 1. The van der Waals surface area contributed by atoms with Crippen LogP contribution in [0.2, 0.25) is 5.02 Å². The minimum atomic E-state index is -1.18. The van der Waals surface area contributed by atoms with Gasteiger partial charge < -0.3 is 4.74 Å². The fourth-order valence-electron chi connectivity index (χ4n) is 2.38. The summed E-state index contributed by atoms with van der Waals surface area (Å²) in [6, 6.07) is 5.99. The molecule has 0 N–H and O–H groups in total. The van der Waals surface area contributed by atoms with E-state index in [0.717, 1.165) is 0 Å². The third-order valence-electron chi connectivity index (χ3n) is 3.44. The molecular formula is C14H13ClFNO2. The van der Waals surface area contributed by atoms with Crippen LogP contribution in [0, 0.1) is 23.1 Å². The van der Waals surface area contributed by atoms with E-state index in [9.17, 15) is 14.4 Å². The van der Waals surface area contributed by atoms with Crippen LogP contribution in [0.4, 0.5) is 4.39 Å². The van der Waals surface area contributed by atoms with E-state index >= 15 is 0 Å². The maximum atomic E-state index is 13.8. The van der Waals surface area contributed by atoms with Crippen molar-refractivity contribution < 1.29 is 13.9 Å². The van der Waals surface area contributed by atoms with E-state index in [0.29, 0.717) is 13.0 Å². The highest BCUT2D eigenvalue weighted by molar-refractivity contribution is 6.31. The molecule has 3 atom stereocenters. The Morgan fingerprint density at radius 2 is 2.37 bits per heavy atom. The average Bonchev–Trinajstić information content (AvgIpc) is 2.79. The van der Waals surface area contributed by atoms with Gasteiger partial charge in [-0.3, -0.25) is 4.79 Å². The zero-order chi connectivity index (χ0) is 14.0. The van der Waals surface area contributed by atoms with Crippen LogP contribution < -0.4 is 0 Å². The molecule has 0 amide bonds. The van der Waals surface area contributed by atoms with Crippen LogP contribution in [0.1, 0.15) is 24.8 Å². The standard InChI is InChI=1S/C14H13ClFNO2/c1-8-9(5-6-19-8)14(18)10(7-17)13-11(15)3-2-4-12(13)16/h2-4,8-10H,5-6H2,1H3. The maximum absolute atomic E-state index is 13.8. The van der Waals surface area contributed by atoms with Crippen molar-refractivity contribution >= 4 is 17.4 Å². The minimum Gasteiger partial charge on any atom is -0.378 e. The molecule has 1 aliphatic rings. The molecule has 1 aliphatic heterocycles. The van der Waals surface area contributed by atoms with Crippen molar-refractivity contribution in [1.29, 1.82) is 5.26 Å². The monoisotopic (exact) mass is 281 g/mol. The first-order chi connectivity index (χ1) is 9.06. The molecule has 0 bridgehead atoms.